The number of sulfonamides is 1. The maximum absolute atomic E-state index is 12.5. The number of aromatic nitrogens is 1. The average Bonchev–Trinajstić information content (AvgIpc) is 1.99. The summed E-state index contributed by atoms with van der Waals surface area (Å²) in [5, 5.41) is 3.89. The highest BCUT2D eigenvalue weighted by Gasteiger charge is 2.25. The number of nitrogens with two attached hydrogens (primary N) is 2. The minimum absolute atomic E-state index is 0.209. The average molecular weight is 237 g/mol. The highest BCUT2D eigenvalue weighted by Crippen LogP contribution is 2.30. The zero-order chi connectivity index (χ0) is 11.8. The lowest BCUT2D eigenvalue weighted by Crippen LogP contribution is -2.18. The number of hydrogen-bond acceptors (Lipinski definition) is 4. The van der Waals surface area contributed by atoms with Crippen LogP contribution in [-0.4, -0.2) is 13.4 Å². The molecule has 0 unspecified atom stereocenters. The van der Waals surface area contributed by atoms with Crippen LogP contribution < -0.4 is 10.9 Å². The Morgan fingerprint density at radius 1 is 1.47 bits per heavy atom. The first-order valence-electron chi connectivity index (χ1n) is 3.81. The van der Waals surface area contributed by atoms with Gasteiger partial charge in [0.25, 0.3) is 16.4 Å². The number of anilines is 1. The number of pyridine rings is 1. The summed E-state index contributed by atoms with van der Waals surface area (Å²) in [5.41, 5.74) is 4.31. The van der Waals surface area contributed by atoms with E-state index in [-0.39, 0.29) is 11.4 Å². The molecule has 1 rings (SSSR count). The summed E-state index contributed by atoms with van der Waals surface area (Å²) in [7, 11) is -4.29. The standard InChI is InChI=1S/C7H9F2N3O2S/c1-3-2-4(10)5(6(8)9)7(12-3)15(11,13)14/h2,6H,1H3,(H2,10,12)(H2,11,13,14). The first-order chi connectivity index (χ1) is 6.73. The van der Waals surface area contributed by atoms with Crippen LogP contribution in [0.1, 0.15) is 17.7 Å². The third kappa shape index (κ3) is 2.39. The number of rotatable bonds is 2. The van der Waals surface area contributed by atoms with Crippen LogP contribution in [0.25, 0.3) is 0 Å². The van der Waals surface area contributed by atoms with Gasteiger partial charge < -0.3 is 5.73 Å². The molecule has 0 spiro atoms. The molecule has 0 aliphatic rings. The Balaban J connectivity index is 3.62. The van der Waals surface area contributed by atoms with Gasteiger partial charge in [0.1, 0.15) is 0 Å². The molecule has 0 bridgehead atoms. The van der Waals surface area contributed by atoms with Crippen molar-refractivity contribution in [3.63, 3.8) is 0 Å². The predicted octanol–water partition coefficient (Wildman–Crippen LogP) is 0.557. The Bertz CT molecular complexity index is 487. The van der Waals surface area contributed by atoms with Crippen LogP contribution in [0.5, 0.6) is 0 Å². The molecule has 1 aromatic rings. The van der Waals surface area contributed by atoms with E-state index in [2.05, 4.69) is 4.98 Å². The van der Waals surface area contributed by atoms with Gasteiger partial charge >= 0.3 is 0 Å². The van der Waals surface area contributed by atoms with Gasteiger partial charge in [0, 0.05) is 11.4 Å². The van der Waals surface area contributed by atoms with Crippen molar-refractivity contribution in [2.45, 2.75) is 18.4 Å². The number of hydrogen-bond donors (Lipinski definition) is 2. The third-order valence-electron chi connectivity index (χ3n) is 1.67. The Morgan fingerprint density at radius 2 is 2.00 bits per heavy atom. The van der Waals surface area contributed by atoms with Gasteiger partial charge in [-0.15, -0.1) is 0 Å². The largest absolute Gasteiger partial charge is 0.398 e. The fourth-order valence-electron chi connectivity index (χ4n) is 1.12. The van der Waals surface area contributed by atoms with E-state index >= 15 is 0 Å². The van der Waals surface area contributed by atoms with E-state index in [0.717, 1.165) is 6.07 Å². The van der Waals surface area contributed by atoms with Crippen molar-refractivity contribution in [3.8, 4) is 0 Å². The van der Waals surface area contributed by atoms with E-state index in [0.29, 0.717) is 0 Å². The van der Waals surface area contributed by atoms with Gasteiger partial charge in [0.2, 0.25) is 0 Å². The van der Waals surface area contributed by atoms with Gasteiger partial charge in [-0.3, -0.25) is 0 Å². The second-order valence-corrected chi connectivity index (χ2v) is 4.39. The molecular weight excluding hydrogens is 228 g/mol. The molecule has 0 radical (unpaired) electrons. The van der Waals surface area contributed by atoms with Crippen LogP contribution >= 0.6 is 0 Å². The highest BCUT2D eigenvalue weighted by atomic mass is 32.2. The second-order valence-electron chi connectivity index (χ2n) is 2.92. The Kier molecular flexibility index (Phi) is 2.91. The quantitative estimate of drug-likeness (QED) is 0.784. The number of nitrogen functional groups attached to an aromatic ring is 1. The van der Waals surface area contributed by atoms with E-state index in [1.807, 2.05) is 0 Å². The minimum atomic E-state index is -4.29. The SMILES string of the molecule is Cc1cc(N)c(C(F)F)c(S(N)(=O)=O)n1. The van der Waals surface area contributed by atoms with E-state index in [9.17, 15) is 17.2 Å². The van der Waals surface area contributed by atoms with Gasteiger partial charge in [-0.1, -0.05) is 0 Å². The Labute approximate surface area is 85.2 Å². The van der Waals surface area contributed by atoms with E-state index < -0.39 is 27.0 Å². The number of alkyl halides is 2. The second kappa shape index (κ2) is 3.70. The van der Waals surface area contributed by atoms with Crippen molar-refractivity contribution in [1.82, 2.24) is 4.98 Å². The molecule has 84 valence electrons. The molecule has 1 aromatic heterocycles. The van der Waals surface area contributed by atoms with Crippen molar-refractivity contribution < 1.29 is 17.2 Å². The van der Waals surface area contributed by atoms with Crippen molar-refractivity contribution in [2.24, 2.45) is 5.14 Å². The fourth-order valence-corrected chi connectivity index (χ4v) is 1.90. The van der Waals surface area contributed by atoms with Crippen LogP contribution in [0.3, 0.4) is 0 Å². The van der Waals surface area contributed by atoms with Crippen molar-refractivity contribution in [3.05, 3.63) is 17.3 Å². The topological polar surface area (TPSA) is 99.1 Å². The summed E-state index contributed by atoms with van der Waals surface area (Å²) < 4.78 is 47.0. The molecule has 15 heavy (non-hydrogen) atoms. The van der Waals surface area contributed by atoms with Crippen LogP contribution in [0.4, 0.5) is 14.5 Å². The normalized spacial score (nSPS) is 12.1. The zero-order valence-electron chi connectivity index (χ0n) is 7.74. The summed E-state index contributed by atoms with van der Waals surface area (Å²) in [6.45, 7) is 1.43. The molecule has 8 heteroatoms. The maximum atomic E-state index is 12.5. The molecule has 0 fully saturated rings. The van der Waals surface area contributed by atoms with Crippen LogP contribution in [0.15, 0.2) is 11.1 Å². The molecule has 0 saturated heterocycles. The Hall–Kier alpha value is -1.28. The molecule has 5 nitrogen and oxygen atoms in total. The summed E-state index contributed by atoms with van der Waals surface area (Å²) >= 11 is 0. The first-order valence-corrected chi connectivity index (χ1v) is 5.36. The van der Waals surface area contributed by atoms with Gasteiger partial charge in [0.05, 0.1) is 5.56 Å². The molecule has 0 amide bonds. The van der Waals surface area contributed by atoms with Crippen molar-refractivity contribution >= 4 is 15.7 Å². The number of halogens is 2. The molecule has 0 saturated carbocycles. The number of nitrogens with zero attached hydrogens (tertiary/aromatic N) is 1. The summed E-state index contributed by atoms with van der Waals surface area (Å²) in [6.07, 6.45) is -3.04. The van der Waals surface area contributed by atoms with Gasteiger partial charge in [-0.25, -0.2) is 27.3 Å². The van der Waals surface area contributed by atoms with Crippen molar-refractivity contribution in [2.75, 3.05) is 5.73 Å². The van der Waals surface area contributed by atoms with E-state index in [4.69, 9.17) is 10.9 Å². The predicted molar refractivity (Wildman–Crippen MR) is 49.7 cm³/mol. The first kappa shape index (κ1) is 11.8. The van der Waals surface area contributed by atoms with E-state index in [1.54, 1.807) is 0 Å². The molecule has 0 aromatic carbocycles. The van der Waals surface area contributed by atoms with Crippen molar-refractivity contribution in [1.29, 1.82) is 0 Å². The lowest BCUT2D eigenvalue weighted by atomic mass is 10.2. The lowest BCUT2D eigenvalue weighted by Gasteiger charge is -2.09. The number of primary sulfonamides is 1. The van der Waals surface area contributed by atoms with Crippen LogP contribution in [-0.2, 0) is 10.0 Å². The van der Waals surface area contributed by atoms with Crippen LogP contribution in [0, 0.1) is 6.92 Å². The maximum Gasteiger partial charge on any atom is 0.268 e. The van der Waals surface area contributed by atoms with Gasteiger partial charge in [-0.05, 0) is 13.0 Å². The molecule has 0 atom stereocenters. The van der Waals surface area contributed by atoms with Crippen LogP contribution in [0.2, 0.25) is 0 Å². The molecule has 0 aliphatic heterocycles. The monoisotopic (exact) mass is 237 g/mol. The van der Waals surface area contributed by atoms with Gasteiger partial charge in [-0.2, -0.15) is 0 Å². The summed E-state index contributed by atoms with van der Waals surface area (Å²) in [5.74, 6) is 0. The summed E-state index contributed by atoms with van der Waals surface area (Å²) in [6, 6.07) is 1.16. The molecule has 1 heterocycles. The van der Waals surface area contributed by atoms with E-state index in [1.165, 1.54) is 6.92 Å². The Morgan fingerprint density at radius 3 is 2.40 bits per heavy atom. The third-order valence-corrected chi connectivity index (χ3v) is 2.52. The van der Waals surface area contributed by atoms with Gasteiger partial charge in [0.15, 0.2) is 5.03 Å². The molecule has 0 aliphatic carbocycles. The number of aryl methyl sites for hydroxylation is 1. The smallest absolute Gasteiger partial charge is 0.268 e. The highest BCUT2D eigenvalue weighted by molar-refractivity contribution is 7.89. The zero-order valence-corrected chi connectivity index (χ0v) is 8.55. The molecule has 4 N–H and O–H groups in total. The minimum Gasteiger partial charge on any atom is -0.398 e. The molecular formula is C7H9F2N3O2S. The lowest BCUT2D eigenvalue weighted by molar-refractivity contribution is 0.148. The fraction of sp³-hybridized carbons (Fsp3) is 0.286. The summed E-state index contributed by atoms with van der Waals surface area (Å²) in [4.78, 5) is 3.45.